The van der Waals surface area contributed by atoms with Crippen molar-refractivity contribution in [1.29, 1.82) is 0 Å². The molecule has 0 aliphatic carbocycles. The van der Waals surface area contributed by atoms with E-state index in [-0.39, 0.29) is 5.78 Å². The number of aryl methyl sites for hydroxylation is 2. The third-order valence-electron chi connectivity index (χ3n) is 3.35. The molecule has 1 heterocycles. The van der Waals surface area contributed by atoms with Crippen LogP contribution < -0.4 is 9.47 Å². The maximum absolute atomic E-state index is 11.2. The molecule has 102 valence electrons. The van der Waals surface area contributed by atoms with Gasteiger partial charge in [0.25, 0.3) is 0 Å². The van der Waals surface area contributed by atoms with Crippen LogP contribution in [0.4, 0.5) is 0 Å². The van der Waals surface area contributed by atoms with Crippen molar-refractivity contribution in [2.45, 2.75) is 26.7 Å². The quantitative estimate of drug-likeness (QED) is 0.900. The van der Waals surface area contributed by atoms with Gasteiger partial charge in [-0.25, -0.2) is 0 Å². The monoisotopic (exact) mass is 261 g/mol. The van der Waals surface area contributed by atoms with Crippen molar-refractivity contribution in [1.82, 2.24) is 4.98 Å². The van der Waals surface area contributed by atoms with Crippen LogP contribution in [0.5, 0.6) is 11.5 Å². The first-order chi connectivity index (χ1) is 9.06. The van der Waals surface area contributed by atoms with Gasteiger partial charge in [0.1, 0.15) is 17.3 Å². The number of aromatic amines is 1. The number of benzene rings is 1. The number of carbonyl (C=O) groups excluding carboxylic acids is 1. The molecular weight excluding hydrogens is 242 g/mol. The molecule has 0 spiro atoms. The zero-order chi connectivity index (χ0) is 14.0. The second-order valence-electron chi connectivity index (χ2n) is 4.68. The van der Waals surface area contributed by atoms with Gasteiger partial charge >= 0.3 is 0 Å². The minimum Gasteiger partial charge on any atom is -0.497 e. The standard InChI is InChI=1S/C15H19NO3/c1-9(17)5-6-12-10(2)16-15-13(12)7-11(18-3)8-14(15)19-4/h7-8,16H,5-6H2,1-4H3. The number of ether oxygens (including phenoxy) is 2. The molecule has 0 atom stereocenters. The summed E-state index contributed by atoms with van der Waals surface area (Å²) in [5.74, 6) is 1.71. The van der Waals surface area contributed by atoms with Crippen molar-refractivity contribution >= 4 is 16.7 Å². The van der Waals surface area contributed by atoms with Crippen LogP contribution >= 0.6 is 0 Å². The van der Waals surface area contributed by atoms with Gasteiger partial charge in [0.15, 0.2) is 0 Å². The number of hydrogen-bond acceptors (Lipinski definition) is 3. The Morgan fingerprint density at radius 1 is 1.26 bits per heavy atom. The molecule has 19 heavy (non-hydrogen) atoms. The van der Waals surface area contributed by atoms with E-state index in [1.807, 2.05) is 19.1 Å². The molecule has 0 bridgehead atoms. The third kappa shape index (κ3) is 2.57. The number of nitrogens with one attached hydrogen (secondary N) is 1. The van der Waals surface area contributed by atoms with E-state index >= 15 is 0 Å². The summed E-state index contributed by atoms with van der Waals surface area (Å²) in [6.07, 6.45) is 1.28. The van der Waals surface area contributed by atoms with Crippen LogP contribution in [0.2, 0.25) is 0 Å². The van der Waals surface area contributed by atoms with Gasteiger partial charge in [0, 0.05) is 23.6 Å². The van der Waals surface area contributed by atoms with Crippen LogP contribution in [0, 0.1) is 6.92 Å². The number of H-pyrrole nitrogens is 1. The largest absolute Gasteiger partial charge is 0.497 e. The Morgan fingerprint density at radius 3 is 2.58 bits per heavy atom. The molecule has 1 aromatic heterocycles. The van der Waals surface area contributed by atoms with Crippen LogP contribution in [0.25, 0.3) is 10.9 Å². The Balaban J connectivity index is 2.56. The molecule has 0 saturated carbocycles. The average molecular weight is 261 g/mol. The minimum absolute atomic E-state index is 0.198. The fraction of sp³-hybridized carbons (Fsp3) is 0.400. The Kier molecular flexibility index (Phi) is 3.79. The molecule has 2 aromatic rings. The van der Waals surface area contributed by atoms with E-state index in [1.54, 1.807) is 21.1 Å². The summed E-state index contributed by atoms with van der Waals surface area (Å²) >= 11 is 0. The molecule has 0 saturated heterocycles. The maximum atomic E-state index is 11.2. The molecule has 1 N–H and O–H groups in total. The van der Waals surface area contributed by atoms with Gasteiger partial charge in [-0.05, 0) is 31.9 Å². The SMILES string of the molecule is COc1cc(OC)c2[nH]c(C)c(CCC(C)=O)c2c1. The number of aromatic nitrogens is 1. The lowest BCUT2D eigenvalue weighted by molar-refractivity contribution is -0.116. The predicted octanol–water partition coefficient (Wildman–Crippen LogP) is 3.02. The topological polar surface area (TPSA) is 51.3 Å². The number of Topliss-reactive ketones (excluding diaryl/α,β-unsaturated/α-hetero) is 1. The average Bonchev–Trinajstić information content (AvgIpc) is 2.70. The van der Waals surface area contributed by atoms with Gasteiger partial charge in [-0.2, -0.15) is 0 Å². The first kappa shape index (κ1) is 13.5. The van der Waals surface area contributed by atoms with Crippen LogP contribution in [-0.2, 0) is 11.2 Å². The fourth-order valence-electron chi connectivity index (χ4n) is 2.32. The molecule has 2 rings (SSSR count). The van der Waals surface area contributed by atoms with Crippen molar-refractivity contribution in [2.75, 3.05) is 14.2 Å². The molecule has 0 aliphatic heterocycles. The highest BCUT2D eigenvalue weighted by atomic mass is 16.5. The molecule has 4 nitrogen and oxygen atoms in total. The van der Waals surface area contributed by atoms with Crippen LogP contribution in [0.3, 0.4) is 0 Å². The van der Waals surface area contributed by atoms with Gasteiger partial charge in [0.05, 0.1) is 19.7 Å². The van der Waals surface area contributed by atoms with E-state index in [0.717, 1.165) is 40.1 Å². The van der Waals surface area contributed by atoms with E-state index < -0.39 is 0 Å². The summed E-state index contributed by atoms with van der Waals surface area (Å²) in [5.41, 5.74) is 3.18. The Hall–Kier alpha value is -1.97. The molecule has 0 unspecified atom stereocenters. The highest BCUT2D eigenvalue weighted by molar-refractivity contribution is 5.91. The molecule has 4 heteroatoms. The van der Waals surface area contributed by atoms with Crippen LogP contribution in [-0.4, -0.2) is 25.0 Å². The minimum atomic E-state index is 0.198. The van der Waals surface area contributed by atoms with E-state index in [2.05, 4.69) is 4.98 Å². The highest BCUT2D eigenvalue weighted by Crippen LogP contribution is 2.34. The number of ketones is 1. The normalized spacial score (nSPS) is 10.7. The molecule has 0 amide bonds. The first-order valence-electron chi connectivity index (χ1n) is 6.29. The van der Waals surface area contributed by atoms with Gasteiger partial charge in [-0.15, -0.1) is 0 Å². The van der Waals surface area contributed by atoms with E-state index in [0.29, 0.717) is 6.42 Å². The van der Waals surface area contributed by atoms with Gasteiger partial charge in [-0.1, -0.05) is 0 Å². The lowest BCUT2D eigenvalue weighted by Gasteiger charge is -2.06. The van der Waals surface area contributed by atoms with E-state index in [9.17, 15) is 4.79 Å². The zero-order valence-electron chi connectivity index (χ0n) is 11.8. The van der Waals surface area contributed by atoms with Crippen LogP contribution in [0.1, 0.15) is 24.6 Å². The lowest BCUT2D eigenvalue weighted by Crippen LogP contribution is -1.95. The molecule has 1 aromatic carbocycles. The number of fused-ring (bicyclic) bond motifs is 1. The number of rotatable bonds is 5. The summed E-state index contributed by atoms with van der Waals surface area (Å²) in [7, 11) is 3.27. The highest BCUT2D eigenvalue weighted by Gasteiger charge is 2.14. The lowest BCUT2D eigenvalue weighted by atomic mass is 10.0. The molecule has 0 radical (unpaired) electrons. The zero-order valence-corrected chi connectivity index (χ0v) is 11.8. The van der Waals surface area contributed by atoms with Crippen molar-refractivity contribution in [2.24, 2.45) is 0 Å². The second kappa shape index (κ2) is 5.34. The van der Waals surface area contributed by atoms with E-state index in [1.165, 1.54) is 0 Å². The van der Waals surface area contributed by atoms with Gasteiger partial charge in [0.2, 0.25) is 0 Å². The summed E-state index contributed by atoms with van der Waals surface area (Å²) in [4.78, 5) is 14.5. The number of methoxy groups -OCH3 is 2. The maximum Gasteiger partial charge on any atom is 0.146 e. The van der Waals surface area contributed by atoms with Crippen molar-refractivity contribution in [3.8, 4) is 11.5 Å². The van der Waals surface area contributed by atoms with Crippen molar-refractivity contribution < 1.29 is 14.3 Å². The van der Waals surface area contributed by atoms with Crippen LogP contribution in [0.15, 0.2) is 12.1 Å². The van der Waals surface area contributed by atoms with Gasteiger partial charge < -0.3 is 19.3 Å². The number of carbonyl (C=O) groups is 1. The number of hydrogen-bond donors (Lipinski definition) is 1. The molecular formula is C15H19NO3. The summed E-state index contributed by atoms with van der Waals surface area (Å²) in [6.45, 7) is 3.63. The van der Waals surface area contributed by atoms with Crippen molar-refractivity contribution in [3.05, 3.63) is 23.4 Å². The van der Waals surface area contributed by atoms with Gasteiger partial charge in [-0.3, -0.25) is 0 Å². The smallest absolute Gasteiger partial charge is 0.146 e. The Morgan fingerprint density at radius 2 is 2.00 bits per heavy atom. The first-order valence-corrected chi connectivity index (χ1v) is 6.29. The third-order valence-corrected chi connectivity index (χ3v) is 3.35. The molecule has 0 fully saturated rings. The summed E-state index contributed by atoms with van der Waals surface area (Å²) in [6, 6.07) is 3.84. The van der Waals surface area contributed by atoms with Crippen molar-refractivity contribution in [3.63, 3.8) is 0 Å². The Bertz CT molecular complexity index is 613. The summed E-state index contributed by atoms with van der Waals surface area (Å²) in [5, 5.41) is 1.06. The second-order valence-corrected chi connectivity index (χ2v) is 4.68. The molecule has 0 aliphatic rings. The predicted molar refractivity (Wildman–Crippen MR) is 75.1 cm³/mol. The fourth-order valence-corrected chi connectivity index (χ4v) is 2.32. The summed E-state index contributed by atoms with van der Waals surface area (Å²) < 4.78 is 10.7. The Labute approximate surface area is 112 Å². The van der Waals surface area contributed by atoms with E-state index in [4.69, 9.17) is 9.47 Å².